The average molecular weight is 271 g/mol. The zero-order valence-corrected chi connectivity index (χ0v) is 12.3. The second-order valence-corrected chi connectivity index (χ2v) is 5.29. The summed E-state index contributed by atoms with van der Waals surface area (Å²) in [5.74, 6) is 0.312. The van der Waals surface area contributed by atoms with Gasteiger partial charge in [0.05, 0.1) is 5.69 Å². The summed E-state index contributed by atoms with van der Waals surface area (Å²) in [7, 11) is 0. The summed E-state index contributed by atoms with van der Waals surface area (Å²) in [6.07, 6.45) is 0. The Bertz CT molecular complexity index is 575. The summed E-state index contributed by atoms with van der Waals surface area (Å²) < 4.78 is 1.99. The summed E-state index contributed by atoms with van der Waals surface area (Å²) in [5, 5.41) is 7.40. The van der Waals surface area contributed by atoms with Crippen molar-refractivity contribution in [1.82, 2.24) is 15.1 Å². The van der Waals surface area contributed by atoms with Gasteiger partial charge in [-0.15, -0.1) is 0 Å². The molecule has 1 N–H and O–H groups in total. The summed E-state index contributed by atoms with van der Waals surface area (Å²) in [6, 6.07) is 11.3. The molecule has 1 aromatic heterocycles. The molecular formula is C16H21N3O. The van der Waals surface area contributed by atoms with Crippen LogP contribution < -0.4 is 5.32 Å². The van der Waals surface area contributed by atoms with Gasteiger partial charge in [-0.2, -0.15) is 5.10 Å². The maximum Gasteiger partial charge on any atom is 0.251 e. The summed E-state index contributed by atoms with van der Waals surface area (Å²) in [6.45, 7) is 7.61. The van der Waals surface area contributed by atoms with Crippen LogP contribution in [0.3, 0.4) is 0 Å². The predicted molar refractivity (Wildman–Crippen MR) is 79.6 cm³/mol. The van der Waals surface area contributed by atoms with E-state index in [2.05, 4.69) is 30.3 Å². The van der Waals surface area contributed by atoms with E-state index in [9.17, 15) is 4.79 Å². The number of benzene rings is 1. The normalized spacial score (nSPS) is 12.2. The molecule has 2 rings (SSSR count). The Balaban J connectivity index is 1.85. The van der Waals surface area contributed by atoms with Gasteiger partial charge in [-0.25, -0.2) is 0 Å². The van der Waals surface area contributed by atoms with Gasteiger partial charge in [0.2, 0.25) is 0 Å². The Morgan fingerprint density at radius 3 is 2.60 bits per heavy atom. The molecule has 4 heteroatoms. The Kier molecular flexibility index (Phi) is 4.56. The second-order valence-electron chi connectivity index (χ2n) is 5.29. The summed E-state index contributed by atoms with van der Waals surface area (Å²) >= 11 is 0. The van der Waals surface area contributed by atoms with Crippen LogP contribution in [0.2, 0.25) is 0 Å². The smallest absolute Gasteiger partial charge is 0.251 e. The number of aryl methyl sites for hydroxylation is 2. The quantitative estimate of drug-likeness (QED) is 0.908. The molecule has 0 radical (unpaired) electrons. The summed E-state index contributed by atoms with van der Waals surface area (Å²) in [5.41, 5.74) is 2.89. The molecule has 0 fully saturated rings. The Morgan fingerprint density at radius 2 is 2.00 bits per heavy atom. The fourth-order valence-corrected chi connectivity index (χ4v) is 2.18. The van der Waals surface area contributed by atoms with Crippen molar-refractivity contribution in [2.24, 2.45) is 5.92 Å². The average Bonchev–Trinajstić information content (AvgIpc) is 2.75. The standard InChI is InChI=1S/C16H21N3O/c1-12(11-19-14(3)9-13(2)18-19)10-17-16(20)15-7-5-4-6-8-15/h4-9,12H,10-11H2,1-3H3,(H,17,20). The van der Waals surface area contributed by atoms with Gasteiger partial charge in [-0.05, 0) is 38.0 Å². The number of aromatic nitrogens is 2. The minimum atomic E-state index is -0.0224. The van der Waals surface area contributed by atoms with Crippen LogP contribution in [-0.4, -0.2) is 22.2 Å². The van der Waals surface area contributed by atoms with Crippen LogP contribution in [-0.2, 0) is 6.54 Å². The molecule has 0 aliphatic rings. The van der Waals surface area contributed by atoms with Crippen molar-refractivity contribution < 1.29 is 4.79 Å². The van der Waals surface area contributed by atoms with Crippen molar-refractivity contribution >= 4 is 5.91 Å². The minimum absolute atomic E-state index is 0.0224. The maximum atomic E-state index is 11.9. The lowest BCUT2D eigenvalue weighted by Crippen LogP contribution is -2.30. The highest BCUT2D eigenvalue weighted by Crippen LogP contribution is 2.06. The molecule has 1 atom stereocenters. The van der Waals surface area contributed by atoms with E-state index in [-0.39, 0.29) is 5.91 Å². The third kappa shape index (κ3) is 3.70. The van der Waals surface area contributed by atoms with E-state index in [1.165, 1.54) is 0 Å². The minimum Gasteiger partial charge on any atom is -0.352 e. The number of hydrogen-bond donors (Lipinski definition) is 1. The van der Waals surface area contributed by atoms with E-state index in [1.54, 1.807) is 0 Å². The first kappa shape index (κ1) is 14.3. The van der Waals surface area contributed by atoms with E-state index in [4.69, 9.17) is 0 Å². The lowest BCUT2D eigenvalue weighted by Gasteiger charge is -2.14. The van der Waals surface area contributed by atoms with Crippen LogP contribution >= 0.6 is 0 Å². The van der Waals surface area contributed by atoms with E-state index in [0.29, 0.717) is 18.0 Å². The highest BCUT2D eigenvalue weighted by atomic mass is 16.1. The molecule has 0 spiro atoms. The van der Waals surface area contributed by atoms with Crippen LogP contribution in [0.25, 0.3) is 0 Å². The van der Waals surface area contributed by atoms with Crippen molar-refractivity contribution in [1.29, 1.82) is 0 Å². The molecule has 0 saturated carbocycles. The van der Waals surface area contributed by atoms with Crippen LogP contribution in [0.5, 0.6) is 0 Å². The first-order valence-electron chi connectivity index (χ1n) is 6.90. The Morgan fingerprint density at radius 1 is 1.30 bits per heavy atom. The maximum absolute atomic E-state index is 11.9. The number of amides is 1. The molecule has 0 bridgehead atoms. The zero-order chi connectivity index (χ0) is 14.5. The molecule has 106 valence electrons. The fraction of sp³-hybridized carbons (Fsp3) is 0.375. The molecule has 0 aliphatic heterocycles. The number of rotatable bonds is 5. The third-order valence-electron chi connectivity index (χ3n) is 3.24. The summed E-state index contributed by atoms with van der Waals surface area (Å²) in [4.78, 5) is 11.9. The Labute approximate surface area is 119 Å². The SMILES string of the molecule is Cc1cc(C)n(CC(C)CNC(=O)c2ccccc2)n1. The molecule has 1 aromatic carbocycles. The Hall–Kier alpha value is -2.10. The van der Waals surface area contributed by atoms with Crippen molar-refractivity contribution in [3.63, 3.8) is 0 Å². The molecular weight excluding hydrogens is 250 g/mol. The van der Waals surface area contributed by atoms with E-state index >= 15 is 0 Å². The van der Waals surface area contributed by atoms with E-state index in [0.717, 1.165) is 17.9 Å². The lowest BCUT2D eigenvalue weighted by atomic mass is 10.1. The van der Waals surface area contributed by atoms with Gasteiger partial charge >= 0.3 is 0 Å². The van der Waals surface area contributed by atoms with Gasteiger partial charge < -0.3 is 5.32 Å². The van der Waals surface area contributed by atoms with Crippen LogP contribution in [0.1, 0.15) is 28.7 Å². The molecule has 1 unspecified atom stereocenters. The van der Waals surface area contributed by atoms with Gasteiger partial charge in [0.15, 0.2) is 0 Å². The lowest BCUT2D eigenvalue weighted by molar-refractivity contribution is 0.0946. The molecule has 4 nitrogen and oxygen atoms in total. The fourth-order valence-electron chi connectivity index (χ4n) is 2.18. The number of hydrogen-bond acceptors (Lipinski definition) is 2. The first-order valence-corrected chi connectivity index (χ1v) is 6.90. The number of nitrogens with one attached hydrogen (secondary N) is 1. The number of carbonyl (C=O) groups is 1. The molecule has 0 aliphatic carbocycles. The highest BCUT2D eigenvalue weighted by Gasteiger charge is 2.09. The monoisotopic (exact) mass is 271 g/mol. The topological polar surface area (TPSA) is 46.9 Å². The van der Waals surface area contributed by atoms with Crippen molar-refractivity contribution in [2.45, 2.75) is 27.3 Å². The molecule has 0 saturated heterocycles. The third-order valence-corrected chi connectivity index (χ3v) is 3.24. The zero-order valence-electron chi connectivity index (χ0n) is 12.3. The van der Waals surface area contributed by atoms with Crippen LogP contribution in [0.15, 0.2) is 36.4 Å². The first-order chi connectivity index (χ1) is 9.56. The molecule has 2 aromatic rings. The van der Waals surface area contributed by atoms with Gasteiger partial charge in [0, 0.05) is 24.3 Å². The molecule has 20 heavy (non-hydrogen) atoms. The van der Waals surface area contributed by atoms with Crippen molar-refractivity contribution in [2.75, 3.05) is 6.54 Å². The number of carbonyl (C=O) groups excluding carboxylic acids is 1. The van der Waals surface area contributed by atoms with Crippen LogP contribution in [0, 0.1) is 19.8 Å². The van der Waals surface area contributed by atoms with Gasteiger partial charge in [0.1, 0.15) is 0 Å². The highest BCUT2D eigenvalue weighted by molar-refractivity contribution is 5.94. The molecule has 1 amide bonds. The van der Waals surface area contributed by atoms with Gasteiger partial charge in [-0.3, -0.25) is 9.48 Å². The second kappa shape index (κ2) is 6.37. The largest absolute Gasteiger partial charge is 0.352 e. The molecule has 1 heterocycles. The van der Waals surface area contributed by atoms with Crippen molar-refractivity contribution in [3.05, 3.63) is 53.3 Å². The van der Waals surface area contributed by atoms with Crippen molar-refractivity contribution in [3.8, 4) is 0 Å². The van der Waals surface area contributed by atoms with Crippen LogP contribution in [0.4, 0.5) is 0 Å². The van der Waals surface area contributed by atoms with E-state index < -0.39 is 0 Å². The van der Waals surface area contributed by atoms with E-state index in [1.807, 2.05) is 41.9 Å². The van der Waals surface area contributed by atoms with Gasteiger partial charge in [0.25, 0.3) is 5.91 Å². The predicted octanol–water partition coefficient (Wildman–Crippen LogP) is 2.57. The number of nitrogens with zero attached hydrogens (tertiary/aromatic N) is 2. The van der Waals surface area contributed by atoms with Gasteiger partial charge in [-0.1, -0.05) is 25.1 Å².